The van der Waals surface area contributed by atoms with Crippen molar-refractivity contribution < 1.29 is 4.79 Å². The second-order valence-electron chi connectivity index (χ2n) is 6.80. The second kappa shape index (κ2) is 5.36. The summed E-state index contributed by atoms with van der Waals surface area (Å²) in [5, 5.41) is 3.38. The van der Waals surface area contributed by atoms with Crippen LogP contribution < -0.4 is 5.32 Å². The average molecular weight is 284 g/mol. The van der Waals surface area contributed by atoms with Crippen LogP contribution in [-0.4, -0.2) is 29.9 Å². The van der Waals surface area contributed by atoms with Crippen LogP contribution in [0.5, 0.6) is 0 Å². The first-order chi connectivity index (χ1) is 10.3. The number of benzene rings is 1. The summed E-state index contributed by atoms with van der Waals surface area (Å²) in [5.74, 6) is 1.01. The molecular weight excluding hydrogens is 260 g/mol. The van der Waals surface area contributed by atoms with E-state index >= 15 is 0 Å². The Bertz CT molecular complexity index is 552. The molecule has 112 valence electrons. The number of rotatable bonds is 1. The fraction of sp³-hybridized carbons (Fsp3) is 0.611. The van der Waals surface area contributed by atoms with Crippen LogP contribution in [0.2, 0.25) is 0 Å². The molecule has 4 rings (SSSR count). The minimum Gasteiger partial charge on any atom is -0.384 e. The molecule has 1 aromatic rings. The van der Waals surface area contributed by atoms with E-state index in [0.717, 1.165) is 36.7 Å². The highest BCUT2D eigenvalue weighted by atomic mass is 16.2. The van der Waals surface area contributed by atoms with Gasteiger partial charge in [0.25, 0.3) is 5.91 Å². The van der Waals surface area contributed by atoms with Gasteiger partial charge in [0.15, 0.2) is 0 Å². The Hall–Kier alpha value is -1.51. The number of anilines is 1. The van der Waals surface area contributed by atoms with Crippen LogP contribution in [0.4, 0.5) is 5.69 Å². The van der Waals surface area contributed by atoms with E-state index in [1.165, 1.54) is 44.1 Å². The topological polar surface area (TPSA) is 32.3 Å². The molecule has 1 saturated heterocycles. The van der Waals surface area contributed by atoms with E-state index in [4.69, 9.17) is 0 Å². The zero-order valence-electron chi connectivity index (χ0n) is 12.6. The number of fused-ring (bicyclic) bond motifs is 2. The third-order valence-electron chi connectivity index (χ3n) is 5.57. The van der Waals surface area contributed by atoms with Crippen molar-refractivity contribution in [2.45, 2.75) is 51.0 Å². The van der Waals surface area contributed by atoms with Gasteiger partial charge in [-0.05, 0) is 55.7 Å². The molecule has 3 heteroatoms. The molecule has 1 aliphatic carbocycles. The third kappa shape index (κ3) is 2.33. The molecule has 0 bridgehead atoms. The van der Waals surface area contributed by atoms with Crippen LogP contribution in [0.3, 0.4) is 0 Å². The van der Waals surface area contributed by atoms with Gasteiger partial charge in [-0.15, -0.1) is 0 Å². The quantitative estimate of drug-likeness (QED) is 0.856. The molecule has 1 aromatic carbocycles. The highest BCUT2D eigenvalue weighted by molar-refractivity contribution is 5.95. The maximum atomic E-state index is 13.0. The van der Waals surface area contributed by atoms with Crippen LogP contribution in [-0.2, 0) is 6.42 Å². The molecule has 2 fully saturated rings. The summed E-state index contributed by atoms with van der Waals surface area (Å²) in [4.78, 5) is 15.1. The summed E-state index contributed by atoms with van der Waals surface area (Å²) in [7, 11) is 0. The van der Waals surface area contributed by atoms with E-state index in [2.05, 4.69) is 22.3 Å². The van der Waals surface area contributed by atoms with Crippen LogP contribution in [0.1, 0.15) is 54.4 Å². The highest BCUT2D eigenvalue weighted by Gasteiger charge is 2.36. The fourth-order valence-corrected chi connectivity index (χ4v) is 4.47. The van der Waals surface area contributed by atoms with Crippen molar-refractivity contribution in [3.8, 4) is 0 Å². The molecule has 3 nitrogen and oxygen atoms in total. The molecule has 2 atom stereocenters. The van der Waals surface area contributed by atoms with E-state index in [1.807, 2.05) is 6.07 Å². The Morgan fingerprint density at radius 1 is 1.14 bits per heavy atom. The molecule has 2 heterocycles. The molecule has 1 amide bonds. The van der Waals surface area contributed by atoms with Gasteiger partial charge < -0.3 is 10.2 Å². The lowest BCUT2D eigenvalue weighted by molar-refractivity contribution is 0.0391. The number of likely N-dealkylation sites (tertiary alicyclic amines) is 1. The minimum atomic E-state index is 0.253. The predicted octanol–water partition coefficient (Wildman–Crippen LogP) is 3.45. The summed E-state index contributed by atoms with van der Waals surface area (Å²) < 4.78 is 0. The van der Waals surface area contributed by atoms with Crippen LogP contribution in [0, 0.1) is 5.92 Å². The maximum absolute atomic E-state index is 13.0. The van der Waals surface area contributed by atoms with Gasteiger partial charge in [0, 0.05) is 30.4 Å². The average Bonchev–Trinajstić information content (AvgIpc) is 3.01. The minimum absolute atomic E-state index is 0.253. The molecule has 0 spiro atoms. The molecule has 2 unspecified atom stereocenters. The number of hydrogen-bond acceptors (Lipinski definition) is 2. The van der Waals surface area contributed by atoms with E-state index in [9.17, 15) is 4.79 Å². The molecule has 3 aliphatic rings. The Morgan fingerprint density at radius 2 is 2.00 bits per heavy atom. The van der Waals surface area contributed by atoms with Crippen LogP contribution in [0.15, 0.2) is 18.2 Å². The molecule has 2 aliphatic heterocycles. The number of carbonyl (C=O) groups is 1. The maximum Gasteiger partial charge on any atom is 0.254 e. The van der Waals surface area contributed by atoms with Crippen molar-refractivity contribution in [1.29, 1.82) is 0 Å². The number of hydrogen-bond donors (Lipinski definition) is 1. The van der Waals surface area contributed by atoms with E-state index in [-0.39, 0.29) is 5.91 Å². The monoisotopic (exact) mass is 284 g/mol. The van der Waals surface area contributed by atoms with Gasteiger partial charge in [0.05, 0.1) is 0 Å². The highest BCUT2D eigenvalue weighted by Crippen LogP contribution is 2.36. The van der Waals surface area contributed by atoms with Gasteiger partial charge in [0.2, 0.25) is 0 Å². The summed E-state index contributed by atoms with van der Waals surface area (Å²) in [6.45, 7) is 1.95. The predicted molar refractivity (Wildman–Crippen MR) is 84.7 cm³/mol. The molecule has 1 saturated carbocycles. The van der Waals surface area contributed by atoms with Crippen molar-refractivity contribution in [2.24, 2.45) is 5.92 Å². The Kier molecular flexibility index (Phi) is 3.36. The van der Waals surface area contributed by atoms with E-state index < -0.39 is 0 Å². The molecule has 0 radical (unpaired) electrons. The lowest BCUT2D eigenvalue weighted by Gasteiger charge is -2.44. The molecule has 1 N–H and O–H groups in total. The van der Waals surface area contributed by atoms with Crippen molar-refractivity contribution >= 4 is 11.6 Å². The van der Waals surface area contributed by atoms with E-state index in [1.54, 1.807) is 0 Å². The zero-order chi connectivity index (χ0) is 14.2. The number of nitrogens with one attached hydrogen (secondary N) is 1. The van der Waals surface area contributed by atoms with Crippen molar-refractivity contribution in [3.05, 3.63) is 29.3 Å². The van der Waals surface area contributed by atoms with Crippen molar-refractivity contribution in [1.82, 2.24) is 4.90 Å². The Morgan fingerprint density at radius 3 is 2.95 bits per heavy atom. The fourth-order valence-electron chi connectivity index (χ4n) is 4.47. The standard InChI is InChI=1S/C18H24N2O/c21-18(15-8-7-13-9-10-19-16(13)12-15)20-11-3-5-14-4-1-2-6-17(14)20/h7-8,12,14,17,19H,1-6,9-11H2. The first-order valence-corrected chi connectivity index (χ1v) is 8.51. The second-order valence-corrected chi connectivity index (χ2v) is 6.80. The summed E-state index contributed by atoms with van der Waals surface area (Å²) >= 11 is 0. The van der Waals surface area contributed by atoms with Gasteiger partial charge in [-0.3, -0.25) is 4.79 Å². The molecule has 21 heavy (non-hydrogen) atoms. The first-order valence-electron chi connectivity index (χ1n) is 8.51. The lowest BCUT2D eigenvalue weighted by atomic mass is 9.78. The third-order valence-corrected chi connectivity index (χ3v) is 5.57. The summed E-state index contributed by atoms with van der Waals surface area (Å²) in [6, 6.07) is 6.73. The van der Waals surface area contributed by atoms with Gasteiger partial charge in [-0.1, -0.05) is 18.9 Å². The van der Waals surface area contributed by atoms with Crippen LogP contribution in [0.25, 0.3) is 0 Å². The smallest absolute Gasteiger partial charge is 0.254 e. The van der Waals surface area contributed by atoms with Crippen molar-refractivity contribution in [2.75, 3.05) is 18.4 Å². The van der Waals surface area contributed by atoms with Crippen LogP contribution >= 0.6 is 0 Å². The number of piperidine rings is 1. The first kappa shape index (κ1) is 13.2. The molecular formula is C18H24N2O. The lowest BCUT2D eigenvalue weighted by Crippen LogP contribution is -2.49. The van der Waals surface area contributed by atoms with Gasteiger partial charge in [0.1, 0.15) is 0 Å². The largest absolute Gasteiger partial charge is 0.384 e. The zero-order valence-corrected chi connectivity index (χ0v) is 12.6. The van der Waals surface area contributed by atoms with Crippen molar-refractivity contribution in [3.63, 3.8) is 0 Å². The molecule has 0 aromatic heterocycles. The van der Waals surface area contributed by atoms with Gasteiger partial charge >= 0.3 is 0 Å². The Labute approximate surface area is 126 Å². The SMILES string of the molecule is O=C(c1ccc2c(c1)NCC2)N1CCCC2CCCCC21. The Balaban J connectivity index is 1.58. The number of amides is 1. The summed E-state index contributed by atoms with van der Waals surface area (Å²) in [6.07, 6.45) is 8.75. The number of carbonyl (C=O) groups excluding carboxylic acids is 1. The van der Waals surface area contributed by atoms with Gasteiger partial charge in [-0.25, -0.2) is 0 Å². The normalized spacial score (nSPS) is 27.7. The summed E-state index contributed by atoms with van der Waals surface area (Å²) in [5.41, 5.74) is 3.38. The van der Waals surface area contributed by atoms with Gasteiger partial charge in [-0.2, -0.15) is 0 Å². The van der Waals surface area contributed by atoms with E-state index in [0.29, 0.717) is 6.04 Å². The number of nitrogens with zero attached hydrogens (tertiary/aromatic N) is 1.